The second kappa shape index (κ2) is 10.3. The van der Waals surface area contributed by atoms with Crippen LogP contribution >= 0.6 is 11.8 Å². The Balaban J connectivity index is 1.96. The molecule has 0 spiro atoms. The zero-order valence-corrected chi connectivity index (χ0v) is 17.2. The van der Waals surface area contributed by atoms with Gasteiger partial charge in [-0.2, -0.15) is 0 Å². The number of nitrogens with one attached hydrogen (secondary N) is 2. The van der Waals surface area contributed by atoms with Crippen molar-refractivity contribution in [2.24, 2.45) is 10.1 Å². The number of sulfonamides is 1. The molecule has 2 rings (SSSR count). The molecular formula is C19H26N4O2S2. The summed E-state index contributed by atoms with van der Waals surface area (Å²) in [7, 11) is -3.71. The zero-order valence-electron chi connectivity index (χ0n) is 15.6. The summed E-state index contributed by atoms with van der Waals surface area (Å²) in [5.41, 5.74) is 0.783. The van der Waals surface area contributed by atoms with Crippen LogP contribution in [0.25, 0.3) is 0 Å². The Kier molecular flexibility index (Phi) is 8.15. The molecule has 0 radical (unpaired) electrons. The molecule has 2 aromatic carbocycles. The van der Waals surface area contributed by atoms with Gasteiger partial charge < -0.3 is 10.6 Å². The number of nitrogens with zero attached hydrogens (tertiary/aromatic N) is 1. The van der Waals surface area contributed by atoms with E-state index in [0.717, 1.165) is 18.7 Å². The van der Waals surface area contributed by atoms with Gasteiger partial charge in [-0.3, -0.25) is 0 Å². The molecule has 146 valence electrons. The zero-order chi connectivity index (χ0) is 19.7. The molecule has 0 saturated heterocycles. The van der Waals surface area contributed by atoms with Crippen molar-refractivity contribution in [1.29, 1.82) is 0 Å². The number of guanidine groups is 1. The predicted octanol–water partition coefficient (Wildman–Crippen LogP) is 2.57. The van der Waals surface area contributed by atoms with E-state index < -0.39 is 10.0 Å². The van der Waals surface area contributed by atoms with Crippen molar-refractivity contribution in [1.82, 2.24) is 10.6 Å². The first-order valence-corrected chi connectivity index (χ1v) is 11.2. The highest BCUT2D eigenvalue weighted by atomic mass is 32.2. The number of hydrogen-bond donors (Lipinski definition) is 3. The highest BCUT2D eigenvalue weighted by Gasteiger charge is 2.08. The van der Waals surface area contributed by atoms with Crippen LogP contribution in [0, 0.1) is 0 Å². The lowest BCUT2D eigenvalue weighted by molar-refractivity contribution is 0.597. The molecule has 0 aliphatic carbocycles. The molecule has 2 aromatic rings. The summed E-state index contributed by atoms with van der Waals surface area (Å²) in [6, 6.07) is 16.8. The van der Waals surface area contributed by atoms with E-state index in [4.69, 9.17) is 5.14 Å². The standard InChI is InChI=1S/C19H26N4O2S2/c1-3-21-19(22-13-15(2)26-17-9-5-4-6-10-17)23-14-16-8-7-11-18(12-16)27(20,24)25/h4-12,15H,3,13-14H2,1-2H3,(H2,20,24,25)(H2,21,22,23). The number of hydrogen-bond acceptors (Lipinski definition) is 4. The molecule has 0 fully saturated rings. The van der Waals surface area contributed by atoms with Gasteiger partial charge in [-0.05, 0) is 36.8 Å². The minimum atomic E-state index is -3.71. The Hall–Kier alpha value is -2.03. The molecular weight excluding hydrogens is 380 g/mol. The quantitative estimate of drug-likeness (QED) is 0.356. The Morgan fingerprint density at radius 1 is 1.15 bits per heavy atom. The van der Waals surface area contributed by atoms with Gasteiger partial charge in [0.1, 0.15) is 0 Å². The third-order valence-electron chi connectivity index (χ3n) is 3.63. The van der Waals surface area contributed by atoms with Crippen molar-refractivity contribution in [3.63, 3.8) is 0 Å². The molecule has 0 aliphatic heterocycles. The molecule has 0 heterocycles. The third-order valence-corrected chi connectivity index (χ3v) is 5.65. The van der Waals surface area contributed by atoms with Crippen LogP contribution in [0.15, 0.2) is 69.4 Å². The van der Waals surface area contributed by atoms with Gasteiger partial charge in [0, 0.05) is 23.2 Å². The Morgan fingerprint density at radius 3 is 2.56 bits per heavy atom. The van der Waals surface area contributed by atoms with Crippen molar-refractivity contribution in [3.8, 4) is 0 Å². The molecule has 0 saturated carbocycles. The van der Waals surface area contributed by atoms with Crippen LogP contribution < -0.4 is 15.8 Å². The highest BCUT2D eigenvalue weighted by Crippen LogP contribution is 2.21. The molecule has 8 heteroatoms. The van der Waals surface area contributed by atoms with Gasteiger partial charge in [0.05, 0.1) is 11.4 Å². The van der Waals surface area contributed by atoms with Crippen molar-refractivity contribution < 1.29 is 8.42 Å². The van der Waals surface area contributed by atoms with Crippen LogP contribution in [0.2, 0.25) is 0 Å². The van der Waals surface area contributed by atoms with Gasteiger partial charge in [0.25, 0.3) is 0 Å². The number of nitrogens with two attached hydrogens (primary N) is 1. The minimum Gasteiger partial charge on any atom is -0.357 e. The third kappa shape index (κ3) is 7.62. The first-order valence-electron chi connectivity index (χ1n) is 8.74. The lowest BCUT2D eigenvalue weighted by Crippen LogP contribution is -2.40. The minimum absolute atomic E-state index is 0.0982. The predicted molar refractivity (Wildman–Crippen MR) is 112 cm³/mol. The second-order valence-electron chi connectivity index (χ2n) is 6.01. The monoisotopic (exact) mass is 406 g/mol. The van der Waals surface area contributed by atoms with Gasteiger partial charge in [-0.25, -0.2) is 18.5 Å². The van der Waals surface area contributed by atoms with Crippen molar-refractivity contribution in [2.75, 3.05) is 13.1 Å². The lowest BCUT2D eigenvalue weighted by atomic mass is 10.2. The van der Waals surface area contributed by atoms with Gasteiger partial charge in [-0.15, -0.1) is 11.8 Å². The average molecular weight is 407 g/mol. The topological polar surface area (TPSA) is 96.6 Å². The van der Waals surface area contributed by atoms with E-state index in [0.29, 0.717) is 17.8 Å². The normalized spacial score (nSPS) is 13.2. The Labute approximate surface area is 165 Å². The van der Waals surface area contributed by atoms with E-state index in [1.54, 1.807) is 23.9 Å². The number of thioether (sulfide) groups is 1. The lowest BCUT2D eigenvalue weighted by Gasteiger charge is -2.16. The summed E-state index contributed by atoms with van der Waals surface area (Å²) in [5, 5.41) is 12.1. The second-order valence-corrected chi connectivity index (χ2v) is 9.08. The summed E-state index contributed by atoms with van der Waals surface area (Å²) >= 11 is 1.80. The molecule has 4 N–H and O–H groups in total. The van der Waals surface area contributed by atoms with Crippen LogP contribution in [0.1, 0.15) is 19.4 Å². The number of aliphatic imine (C=N–C) groups is 1. The molecule has 1 unspecified atom stereocenters. The molecule has 1 atom stereocenters. The summed E-state index contributed by atoms with van der Waals surface area (Å²) in [4.78, 5) is 5.86. The molecule has 0 aromatic heterocycles. The maximum atomic E-state index is 11.5. The maximum Gasteiger partial charge on any atom is 0.238 e. The Morgan fingerprint density at radius 2 is 1.89 bits per heavy atom. The van der Waals surface area contributed by atoms with E-state index in [9.17, 15) is 8.42 Å². The van der Waals surface area contributed by atoms with Crippen molar-refractivity contribution in [2.45, 2.75) is 35.4 Å². The average Bonchev–Trinajstić information content (AvgIpc) is 2.64. The SMILES string of the molecule is CCNC(=NCc1cccc(S(N)(=O)=O)c1)NCC(C)Sc1ccccc1. The molecule has 0 bridgehead atoms. The van der Waals surface area contributed by atoms with Crippen LogP contribution in [-0.2, 0) is 16.6 Å². The molecule has 0 aliphatic rings. The van der Waals surface area contributed by atoms with Gasteiger partial charge in [-0.1, -0.05) is 37.3 Å². The van der Waals surface area contributed by atoms with Crippen LogP contribution in [-0.4, -0.2) is 32.7 Å². The van der Waals surface area contributed by atoms with E-state index >= 15 is 0 Å². The van der Waals surface area contributed by atoms with E-state index in [1.165, 1.54) is 11.0 Å². The van der Waals surface area contributed by atoms with Crippen LogP contribution in [0.4, 0.5) is 0 Å². The summed E-state index contributed by atoms with van der Waals surface area (Å²) < 4.78 is 22.9. The maximum absolute atomic E-state index is 11.5. The summed E-state index contributed by atoms with van der Waals surface area (Å²) in [6.07, 6.45) is 0. The fraction of sp³-hybridized carbons (Fsp3) is 0.316. The fourth-order valence-corrected chi connectivity index (χ4v) is 3.88. The first kappa shape index (κ1) is 21.3. The van der Waals surface area contributed by atoms with Gasteiger partial charge in [0.2, 0.25) is 10.0 Å². The highest BCUT2D eigenvalue weighted by molar-refractivity contribution is 8.00. The Bertz CT molecular complexity index is 855. The number of benzene rings is 2. The molecule has 27 heavy (non-hydrogen) atoms. The molecule has 0 amide bonds. The van der Waals surface area contributed by atoms with E-state index in [2.05, 4.69) is 34.7 Å². The smallest absolute Gasteiger partial charge is 0.238 e. The largest absolute Gasteiger partial charge is 0.357 e. The van der Waals surface area contributed by atoms with Crippen molar-refractivity contribution >= 4 is 27.7 Å². The van der Waals surface area contributed by atoms with Crippen LogP contribution in [0.5, 0.6) is 0 Å². The number of primary sulfonamides is 1. The molecule has 6 nitrogen and oxygen atoms in total. The summed E-state index contributed by atoms with van der Waals surface area (Å²) in [6.45, 7) is 6.01. The number of rotatable bonds is 8. The fourth-order valence-electron chi connectivity index (χ4n) is 2.35. The van der Waals surface area contributed by atoms with Gasteiger partial charge >= 0.3 is 0 Å². The van der Waals surface area contributed by atoms with E-state index in [-0.39, 0.29) is 4.90 Å². The van der Waals surface area contributed by atoms with Crippen molar-refractivity contribution in [3.05, 3.63) is 60.2 Å². The van der Waals surface area contributed by atoms with Gasteiger partial charge in [0.15, 0.2) is 5.96 Å². The summed E-state index contributed by atoms with van der Waals surface area (Å²) in [5.74, 6) is 0.694. The van der Waals surface area contributed by atoms with E-state index in [1.807, 2.05) is 31.2 Å². The van der Waals surface area contributed by atoms with Crippen LogP contribution in [0.3, 0.4) is 0 Å². The first-order chi connectivity index (χ1) is 12.9.